The van der Waals surface area contributed by atoms with E-state index in [4.69, 9.17) is 4.52 Å². The number of carbonyl (C=O) groups excluding carboxylic acids is 2. The first kappa shape index (κ1) is 21.5. The second kappa shape index (κ2) is 8.44. The molecule has 1 atom stereocenters. The van der Waals surface area contributed by atoms with E-state index < -0.39 is 0 Å². The number of piperidine rings is 1. The summed E-state index contributed by atoms with van der Waals surface area (Å²) in [6.07, 6.45) is 3.67. The van der Waals surface area contributed by atoms with Gasteiger partial charge in [0.15, 0.2) is 0 Å². The highest BCUT2D eigenvalue weighted by Gasteiger charge is 2.59. The number of hydrogen-bond acceptors (Lipinski definition) is 4. The Kier molecular flexibility index (Phi) is 5.86. The maximum absolute atomic E-state index is 13.9. The van der Waals surface area contributed by atoms with Gasteiger partial charge < -0.3 is 14.3 Å². The van der Waals surface area contributed by atoms with Gasteiger partial charge in [-0.1, -0.05) is 23.4 Å². The molecule has 0 N–H and O–H groups in total. The van der Waals surface area contributed by atoms with Crippen molar-refractivity contribution in [1.82, 2.24) is 15.0 Å². The summed E-state index contributed by atoms with van der Waals surface area (Å²) in [5.41, 5.74) is 2.42. The molecular formula is C24H30FN3O3. The van der Waals surface area contributed by atoms with Crippen LogP contribution >= 0.6 is 0 Å². The molecule has 31 heavy (non-hydrogen) atoms. The average molecular weight is 428 g/mol. The van der Waals surface area contributed by atoms with Gasteiger partial charge in [-0.3, -0.25) is 9.59 Å². The summed E-state index contributed by atoms with van der Waals surface area (Å²) in [5, 5.41) is 3.95. The number of aryl methyl sites for hydroxylation is 2. The molecule has 1 unspecified atom stereocenters. The fourth-order valence-corrected chi connectivity index (χ4v) is 4.93. The lowest BCUT2D eigenvalue weighted by Crippen LogP contribution is -2.41. The van der Waals surface area contributed by atoms with Gasteiger partial charge in [0.25, 0.3) is 0 Å². The molecule has 0 radical (unpaired) electrons. The maximum atomic E-state index is 13.9. The topological polar surface area (TPSA) is 66.7 Å². The van der Waals surface area contributed by atoms with Crippen molar-refractivity contribution in [3.8, 4) is 0 Å². The fraction of sp³-hybridized carbons (Fsp3) is 0.542. The van der Waals surface area contributed by atoms with Gasteiger partial charge in [0.1, 0.15) is 11.6 Å². The maximum Gasteiger partial charge on any atom is 0.226 e. The van der Waals surface area contributed by atoms with Gasteiger partial charge in [-0.15, -0.1) is 0 Å². The number of aromatic nitrogens is 1. The molecule has 2 amide bonds. The molecule has 1 saturated heterocycles. The van der Waals surface area contributed by atoms with E-state index in [1.165, 1.54) is 6.07 Å². The summed E-state index contributed by atoms with van der Waals surface area (Å²) in [5.74, 6) is 0.720. The number of rotatable bonds is 6. The lowest BCUT2D eigenvalue weighted by molar-refractivity contribution is -0.134. The standard InChI is InChI=1S/C24H30FN3O3/c1-16-19(17(2)31-26-16)8-9-22(29)28-12-10-24(11-13-28)14-20(24)23(30)27(3)15-18-6-4-5-7-21(18)25/h4-7,20H,8-15H2,1-3H3. The largest absolute Gasteiger partial charge is 0.361 e. The SMILES string of the molecule is Cc1noc(C)c1CCC(=O)N1CCC2(CC1)CC2C(=O)N(C)Cc1ccccc1F. The molecule has 1 aromatic heterocycles. The molecule has 2 fully saturated rings. The van der Waals surface area contributed by atoms with Crippen LogP contribution in [0, 0.1) is 31.0 Å². The minimum absolute atomic E-state index is 0.0103. The third kappa shape index (κ3) is 4.36. The van der Waals surface area contributed by atoms with Crippen LogP contribution in [0.15, 0.2) is 28.8 Å². The molecule has 2 aliphatic rings. The van der Waals surface area contributed by atoms with Crippen molar-refractivity contribution in [2.75, 3.05) is 20.1 Å². The summed E-state index contributed by atoms with van der Waals surface area (Å²) >= 11 is 0. The Morgan fingerprint density at radius 3 is 2.61 bits per heavy atom. The van der Waals surface area contributed by atoms with Crippen molar-refractivity contribution in [3.63, 3.8) is 0 Å². The van der Waals surface area contributed by atoms with Crippen LogP contribution in [0.3, 0.4) is 0 Å². The van der Waals surface area contributed by atoms with E-state index in [2.05, 4.69) is 5.16 Å². The van der Waals surface area contributed by atoms with Gasteiger partial charge >= 0.3 is 0 Å². The Balaban J connectivity index is 1.26. The lowest BCUT2D eigenvalue weighted by Gasteiger charge is -2.33. The van der Waals surface area contributed by atoms with Gasteiger partial charge in [0, 0.05) is 50.1 Å². The molecule has 0 bridgehead atoms. The summed E-state index contributed by atoms with van der Waals surface area (Å²) in [4.78, 5) is 29.1. The number of hydrogen-bond donors (Lipinski definition) is 0. The van der Waals surface area contributed by atoms with E-state index in [9.17, 15) is 14.0 Å². The van der Waals surface area contributed by atoms with Crippen molar-refractivity contribution in [3.05, 3.63) is 52.7 Å². The first-order valence-electron chi connectivity index (χ1n) is 11.0. The molecule has 4 rings (SSSR count). The zero-order valence-electron chi connectivity index (χ0n) is 18.5. The summed E-state index contributed by atoms with van der Waals surface area (Å²) in [6.45, 7) is 5.44. The van der Waals surface area contributed by atoms with Crippen LogP contribution in [-0.2, 0) is 22.6 Å². The van der Waals surface area contributed by atoms with Crippen LogP contribution < -0.4 is 0 Å². The van der Waals surface area contributed by atoms with Crippen LogP contribution in [0.2, 0.25) is 0 Å². The Morgan fingerprint density at radius 2 is 1.97 bits per heavy atom. The van der Waals surface area contributed by atoms with Crippen molar-refractivity contribution in [2.24, 2.45) is 11.3 Å². The third-order valence-electron chi connectivity index (χ3n) is 7.11. The monoisotopic (exact) mass is 427 g/mol. The normalized spacial score (nSPS) is 19.5. The highest BCUT2D eigenvalue weighted by Crippen LogP contribution is 2.60. The van der Waals surface area contributed by atoms with Crippen LogP contribution in [0.1, 0.15) is 48.3 Å². The van der Waals surface area contributed by atoms with E-state index in [-0.39, 0.29) is 35.5 Å². The van der Waals surface area contributed by atoms with Crippen LogP contribution in [0.25, 0.3) is 0 Å². The first-order chi connectivity index (χ1) is 14.8. The molecule has 2 aromatic rings. The predicted molar refractivity (Wildman–Crippen MR) is 114 cm³/mol. The van der Waals surface area contributed by atoms with Crippen LogP contribution in [-0.4, -0.2) is 46.9 Å². The second-order valence-electron chi connectivity index (χ2n) is 9.09. The highest BCUT2D eigenvalue weighted by molar-refractivity contribution is 5.83. The Hall–Kier alpha value is -2.70. The predicted octanol–water partition coefficient (Wildman–Crippen LogP) is 3.65. The Morgan fingerprint density at radius 1 is 1.26 bits per heavy atom. The zero-order chi connectivity index (χ0) is 22.2. The molecule has 7 heteroatoms. The van der Waals surface area contributed by atoms with Gasteiger partial charge in [0.2, 0.25) is 11.8 Å². The Bertz CT molecular complexity index is 959. The number of carbonyl (C=O) groups is 2. The minimum atomic E-state index is -0.281. The molecular weight excluding hydrogens is 397 g/mol. The molecule has 1 saturated carbocycles. The van der Waals surface area contributed by atoms with Crippen molar-refractivity contribution < 1.29 is 18.5 Å². The number of amides is 2. The highest BCUT2D eigenvalue weighted by atomic mass is 19.1. The smallest absolute Gasteiger partial charge is 0.226 e. The molecule has 1 aromatic carbocycles. The molecule has 1 aliphatic heterocycles. The number of likely N-dealkylation sites (tertiary alicyclic amines) is 1. The summed E-state index contributed by atoms with van der Waals surface area (Å²) < 4.78 is 19.1. The molecule has 166 valence electrons. The molecule has 1 aliphatic carbocycles. The van der Waals surface area contributed by atoms with Gasteiger partial charge in [-0.25, -0.2) is 4.39 Å². The van der Waals surface area contributed by atoms with E-state index in [1.807, 2.05) is 18.7 Å². The lowest BCUT2D eigenvalue weighted by atomic mass is 9.90. The van der Waals surface area contributed by atoms with Gasteiger partial charge in [-0.05, 0) is 51.0 Å². The van der Waals surface area contributed by atoms with Crippen molar-refractivity contribution >= 4 is 11.8 Å². The first-order valence-corrected chi connectivity index (χ1v) is 11.0. The van der Waals surface area contributed by atoms with Crippen LogP contribution in [0.5, 0.6) is 0 Å². The Labute approximate surface area is 182 Å². The average Bonchev–Trinajstić information content (AvgIpc) is 3.36. The van der Waals surface area contributed by atoms with E-state index in [1.54, 1.807) is 30.1 Å². The van der Waals surface area contributed by atoms with Gasteiger partial charge in [0.05, 0.1) is 5.69 Å². The summed E-state index contributed by atoms with van der Waals surface area (Å²) in [7, 11) is 1.74. The molecule has 2 heterocycles. The third-order valence-corrected chi connectivity index (χ3v) is 7.11. The molecule has 6 nitrogen and oxygen atoms in total. The second-order valence-corrected chi connectivity index (χ2v) is 9.09. The van der Waals surface area contributed by atoms with Gasteiger partial charge in [-0.2, -0.15) is 0 Å². The number of halogens is 1. The van der Waals surface area contributed by atoms with E-state index in [0.717, 1.165) is 36.3 Å². The molecule has 1 spiro atoms. The van der Waals surface area contributed by atoms with E-state index in [0.29, 0.717) is 31.5 Å². The number of benzene rings is 1. The van der Waals surface area contributed by atoms with Crippen molar-refractivity contribution in [2.45, 2.75) is 52.5 Å². The zero-order valence-corrected chi connectivity index (χ0v) is 18.5. The van der Waals surface area contributed by atoms with Crippen molar-refractivity contribution in [1.29, 1.82) is 0 Å². The van der Waals surface area contributed by atoms with E-state index >= 15 is 0 Å². The summed E-state index contributed by atoms with van der Waals surface area (Å²) in [6, 6.07) is 6.58. The fourth-order valence-electron chi connectivity index (χ4n) is 4.93. The quantitative estimate of drug-likeness (QED) is 0.706. The number of nitrogens with zero attached hydrogens (tertiary/aromatic N) is 3. The minimum Gasteiger partial charge on any atom is -0.361 e. The van der Waals surface area contributed by atoms with Crippen LogP contribution in [0.4, 0.5) is 4.39 Å².